The summed E-state index contributed by atoms with van der Waals surface area (Å²) < 4.78 is 0. The number of carbonyl (C=O) groups excluding carboxylic acids is 2. The van der Waals surface area contributed by atoms with E-state index in [9.17, 15) is 9.59 Å². The van der Waals surface area contributed by atoms with Crippen LogP contribution in [0.4, 0.5) is 11.4 Å². The summed E-state index contributed by atoms with van der Waals surface area (Å²) >= 11 is 0. The third-order valence-electron chi connectivity index (χ3n) is 4.87. The standard InChI is InChI=1S/C23H23N3O2/c1-14-8-9-19(12-16(14)3)25-22(27)18-10-11-24-21(13-18)23(28)26-20-7-5-6-15(2)17(20)4/h5-13H,1-4H3,(H,25,27)(H,26,28). The van der Waals surface area contributed by atoms with Crippen molar-refractivity contribution in [3.05, 3.63) is 88.2 Å². The van der Waals surface area contributed by atoms with Crippen molar-refractivity contribution in [3.63, 3.8) is 0 Å². The van der Waals surface area contributed by atoms with Crippen molar-refractivity contribution < 1.29 is 9.59 Å². The minimum Gasteiger partial charge on any atom is -0.322 e. The zero-order valence-electron chi connectivity index (χ0n) is 16.5. The Morgan fingerprint density at radius 1 is 0.786 bits per heavy atom. The first kappa shape index (κ1) is 19.3. The average molecular weight is 373 g/mol. The second-order valence-corrected chi connectivity index (χ2v) is 6.88. The molecular weight excluding hydrogens is 350 g/mol. The van der Waals surface area contributed by atoms with E-state index in [4.69, 9.17) is 0 Å². The van der Waals surface area contributed by atoms with E-state index in [1.807, 2.05) is 64.1 Å². The molecule has 2 aromatic carbocycles. The van der Waals surface area contributed by atoms with Crippen LogP contribution in [0.3, 0.4) is 0 Å². The number of nitrogens with one attached hydrogen (secondary N) is 2. The van der Waals surface area contributed by atoms with Crippen LogP contribution in [0.5, 0.6) is 0 Å². The van der Waals surface area contributed by atoms with Gasteiger partial charge in [0.15, 0.2) is 0 Å². The van der Waals surface area contributed by atoms with Crippen molar-refractivity contribution in [2.45, 2.75) is 27.7 Å². The molecule has 0 saturated carbocycles. The molecule has 0 aliphatic carbocycles. The van der Waals surface area contributed by atoms with Gasteiger partial charge in [-0.1, -0.05) is 18.2 Å². The molecule has 5 heteroatoms. The Bertz CT molecular complexity index is 1060. The van der Waals surface area contributed by atoms with Crippen LogP contribution in [0.25, 0.3) is 0 Å². The second kappa shape index (κ2) is 8.05. The number of carbonyl (C=O) groups is 2. The van der Waals surface area contributed by atoms with Gasteiger partial charge in [0.2, 0.25) is 0 Å². The Kier molecular flexibility index (Phi) is 5.54. The molecule has 2 N–H and O–H groups in total. The minimum atomic E-state index is -0.352. The van der Waals surface area contributed by atoms with Gasteiger partial charge in [-0.25, -0.2) is 0 Å². The highest BCUT2D eigenvalue weighted by Crippen LogP contribution is 2.19. The lowest BCUT2D eigenvalue weighted by atomic mass is 10.1. The highest BCUT2D eigenvalue weighted by molar-refractivity contribution is 6.08. The lowest BCUT2D eigenvalue weighted by Crippen LogP contribution is -2.17. The molecule has 2 amide bonds. The number of aryl methyl sites for hydroxylation is 3. The Labute approximate surface area is 164 Å². The van der Waals surface area contributed by atoms with Crippen LogP contribution >= 0.6 is 0 Å². The third-order valence-corrected chi connectivity index (χ3v) is 4.87. The average Bonchev–Trinajstić information content (AvgIpc) is 2.68. The molecule has 28 heavy (non-hydrogen) atoms. The van der Waals surface area contributed by atoms with Crippen LogP contribution in [0.15, 0.2) is 54.7 Å². The molecule has 0 spiro atoms. The molecule has 0 atom stereocenters. The molecule has 3 aromatic rings. The number of hydrogen-bond donors (Lipinski definition) is 2. The third kappa shape index (κ3) is 4.26. The second-order valence-electron chi connectivity index (χ2n) is 6.88. The number of aromatic nitrogens is 1. The van der Waals surface area contributed by atoms with Crippen molar-refractivity contribution in [1.29, 1.82) is 0 Å². The van der Waals surface area contributed by atoms with Gasteiger partial charge in [0.25, 0.3) is 11.8 Å². The smallest absolute Gasteiger partial charge is 0.274 e. The lowest BCUT2D eigenvalue weighted by Gasteiger charge is -2.11. The fourth-order valence-electron chi connectivity index (χ4n) is 2.79. The van der Waals surface area contributed by atoms with Crippen LogP contribution in [-0.2, 0) is 0 Å². The van der Waals surface area contributed by atoms with Gasteiger partial charge in [-0.3, -0.25) is 14.6 Å². The van der Waals surface area contributed by atoms with E-state index in [0.29, 0.717) is 11.3 Å². The number of benzene rings is 2. The topological polar surface area (TPSA) is 71.1 Å². The van der Waals surface area contributed by atoms with Crippen LogP contribution in [0.2, 0.25) is 0 Å². The Balaban J connectivity index is 1.77. The summed E-state index contributed by atoms with van der Waals surface area (Å²) in [6.07, 6.45) is 1.47. The maximum Gasteiger partial charge on any atom is 0.274 e. The first-order chi connectivity index (χ1) is 13.3. The first-order valence-electron chi connectivity index (χ1n) is 9.07. The highest BCUT2D eigenvalue weighted by atomic mass is 16.2. The normalized spacial score (nSPS) is 10.4. The molecule has 5 nitrogen and oxygen atoms in total. The number of rotatable bonds is 4. The van der Waals surface area contributed by atoms with Crippen LogP contribution < -0.4 is 10.6 Å². The summed E-state index contributed by atoms with van der Waals surface area (Å²) in [6.45, 7) is 7.95. The number of pyridine rings is 1. The summed E-state index contributed by atoms with van der Waals surface area (Å²) in [4.78, 5) is 29.3. The van der Waals surface area contributed by atoms with Crippen molar-refractivity contribution in [1.82, 2.24) is 4.98 Å². The predicted molar refractivity (Wildman–Crippen MR) is 112 cm³/mol. The van der Waals surface area contributed by atoms with Crippen molar-refractivity contribution in [3.8, 4) is 0 Å². The SMILES string of the molecule is Cc1ccc(NC(=O)c2ccnc(C(=O)Nc3cccc(C)c3C)c2)cc1C. The molecule has 0 aliphatic rings. The molecule has 0 aliphatic heterocycles. The van der Waals surface area contributed by atoms with E-state index >= 15 is 0 Å². The van der Waals surface area contributed by atoms with Gasteiger partial charge in [0, 0.05) is 23.1 Å². The quantitative estimate of drug-likeness (QED) is 0.689. The molecule has 1 aromatic heterocycles. The summed E-state index contributed by atoms with van der Waals surface area (Å²) in [6, 6.07) is 14.5. The van der Waals surface area contributed by atoms with Crippen molar-refractivity contribution >= 4 is 23.2 Å². The maximum absolute atomic E-state index is 12.6. The monoisotopic (exact) mass is 373 g/mol. The zero-order chi connectivity index (χ0) is 20.3. The van der Waals surface area contributed by atoms with Crippen molar-refractivity contribution in [2.24, 2.45) is 0 Å². The molecule has 1 heterocycles. The number of hydrogen-bond acceptors (Lipinski definition) is 3. The van der Waals surface area contributed by atoms with Gasteiger partial charge in [0.1, 0.15) is 5.69 Å². The molecule has 0 saturated heterocycles. The number of anilines is 2. The highest BCUT2D eigenvalue weighted by Gasteiger charge is 2.14. The molecule has 0 unspecified atom stereocenters. The predicted octanol–water partition coefficient (Wildman–Crippen LogP) is 4.82. The molecule has 0 bridgehead atoms. The van der Waals surface area contributed by atoms with E-state index < -0.39 is 0 Å². The van der Waals surface area contributed by atoms with Gasteiger partial charge >= 0.3 is 0 Å². The summed E-state index contributed by atoms with van der Waals surface area (Å²) in [7, 11) is 0. The fraction of sp³-hybridized carbons (Fsp3) is 0.174. The van der Waals surface area contributed by atoms with Crippen LogP contribution in [0, 0.1) is 27.7 Å². The Hall–Kier alpha value is -3.47. The van der Waals surface area contributed by atoms with E-state index in [-0.39, 0.29) is 17.5 Å². The van der Waals surface area contributed by atoms with Gasteiger partial charge in [-0.2, -0.15) is 0 Å². The molecule has 142 valence electrons. The molecule has 3 rings (SSSR count). The van der Waals surface area contributed by atoms with Gasteiger partial charge < -0.3 is 10.6 Å². The van der Waals surface area contributed by atoms with Gasteiger partial charge in [-0.15, -0.1) is 0 Å². The van der Waals surface area contributed by atoms with Crippen molar-refractivity contribution in [2.75, 3.05) is 10.6 Å². The summed E-state index contributed by atoms with van der Waals surface area (Å²) in [5.41, 5.74) is 6.36. The van der Waals surface area contributed by atoms with Crippen LogP contribution in [0.1, 0.15) is 43.1 Å². The van der Waals surface area contributed by atoms with Crippen LogP contribution in [-0.4, -0.2) is 16.8 Å². The van der Waals surface area contributed by atoms with Gasteiger partial charge in [-0.05, 0) is 80.3 Å². The largest absolute Gasteiger partial charge is 0.322 e. The summed E-state index contributed by atoms with van der Waals surface area (Å²) in [5, 5.41) is 5.72. The zero-order valence-corrected chi connectivity index (χ0v) is 16.5. The fourth-order valence-corrected chi connectivity index (χ4v) is 2.79. The van der Waals surface area contributed by atoms with E-state index in [2.05, 4.69) is 15.6 Å². The molecule has 0 radical (unpaired) electrons. The Morgan fingerprint density at radius 2 is 1.57 bits per heavy atom. The summed E-state index contributed by atoms with van der Waals surface area (Å²) in [5.74, 6) is -0.638. The number of nitrogens with zero attached hydrogens (tertiary/aromatic N) is 1. The maximum atomic E-state index is 12.6. The van der Waals surface area contributed by atoms with E-state index in [1.165, 1.54) is 12.3 Å². The number of amides is 2. The first-order valence-corrected chi connectivity index (χ1v) is 9.07. The van der Waals surface area contributed by atoms with Gasteiger partial charge in [0.05, 0.1) is 0 Å². The lowest BCUT2D eigenvalue weighted by molar-refractivity contribution is 0.102. The van der Waals surface area contributed by atoms with E-state index in [1.54, 1.807) is 6.07 Å². The Morgan fingerprint density at radius 3 is 2.32 bits per heavy atom. The van der Waals surface area contributed by atoms with E-state index in [0.717, 1.165) is 27.9 Å². The molecule has 0 fully saturated rings. The minimum absolute atomic E-state index is 0.189. The molecular formula is C23H23N3O2.